The van der Waals surface area contributed by atoms with E-state index >= 15 is 0 Å². The summed E-state index contributed by atoms with van der Waals surface area (Å²) in [5, 5.41) is 3.03. The molecule has 28 heavy (non-hydrogen) atoms. The van der Waals surface area contributed by atoms with E-state index in [2.05, 4.69) is 21.2 Å². The molecule has 0 saturated carbocycles. The maximum absolute atomic E-state index is 12.7. The Morgan fingerprint density at radius 3 is 2.54 bits per heavy atom. The molecule has 1 aromatic carbocycles. The van der Waals surface area contributed by atoms with E-state index in [4.69, 9.17) is 0 Å². The third-order valence-corrected chi connectivity index (χ3v) is 9.47. The molecule has 1 atom stereocenters. The van der Waals surface area contributed by atoms with Crippen molar-refractivity contribution in [2.24, 2.45) is 11.8 Å². The van der Waals surface area contributed by atoms with Crippen molar-refractivity contribution in [3.63, 3.8) is 0 Å². The van der Waals surface area contributed by atoms with Crippen molar-refractivity contribution in [1.82, 2.24) is 9.62 Å². The van der Waals surface area contributed by atoms with E-state index in [1.54, 1.807) is 16.4 Å². The quantitative estimate of drug-likeness (QED) is 0.668. The number of halogens is 1. The zero-order chi connectivity index (χ0) is 20.3. The normalized spacial score (nSPS) is 17.4. The van der Waals surface area contributed by atoms with Crippen molar-refractivity contribution < 1.29 is 13.2 Å². The largest absolute Gasteiger partial charge is 0.352 e. The minimum atomic E-state index is -3.44. The number of nitrogens with zero attached hydrogens (tertiary/aromatic N) is 1. The Morgan fingerprint density at radius 2 is 1.93 bits per heavy atom. The van der Waals surface area contributed by atoms with Crippen molar-refractivity contribution in [3.05, 3.63) is 51.3 Å². The van der Waals surface area contributed by atoms with Gasteiger partial charge in [0.2, 0.25) is 5.91 Å². The van der Waals surface area contributed by atoms with Crippen LogP contribution in [0.15, 0.2) is 44.4 Å². The van der Waals surface area contributed by atoms with Crippen LogP contribution in [0.1, 0.15) is 30.9 Å². The van der Waals surface area contributed by atoms with Gasteiger partial charge in [0.25, 0.3) is 10.0 Å². The van der Waals surface area contributed by atoms with Gasteiger partial charge < -0.3 is 5.32 Å². The van der Waals surface area contributed by atoms with Crippen LogP contribution >= 0.6 is 27.3 Å². The molecule has 5 nitrogen and oxygen atoms in total. The van der Waals surface area contributed by atoms with Crippen LogP contribution in [0.3, 0.4) is 0 Å². The highest BCUT2D eigenvalue weighted by Crippen LogP contribution is 2.32. The molecule has 2 heterocycles. The lowest BCUT2D eigenvalue weighted by atomic mass is 9.85. The lowest BCUT2D eigenvalue weighted by Crippen LogP contribution is -2.42. The van der Waals surface area contributed by atoms with Gasteiger partial charge in [0.1, 0.15) is 4.21 Å². The van der Waals surface area contributed by atoms with Crippen molar-refractivity contribution in [3.8, 4) is 0 Å². The molecule has 1 aliphatic rings. The zero-order valence-electron chi connectivity index (χ0n) is 16.0. The number of sulfonamides is 1. The third-order valence-electron chi connectivity index (χ3n) is 5.48. The standard InChI is InChI=1S/C20H25BrN2O3S2/c1-14-5-3-4-6-17(14)13-22-20(24)15(2)16-9-11-23(12-10-16)28(25,26)19-8-7-18(21)27-19/h3-8,15-16H,9-13H2,1-2H3,(H,22,24)/t15-/m0/s1. The van der Waals surface area contributed by atoms with Crippen LogP contribution in [0, 0.1) is 18.8 Å². The lowest BCUT2D eigenvalue weighted by Gasteiger charge is -2.33. The van der Waals surface area contributed by atoms with Gasteiger partial charge in [-0.25, -0.2) is 8.42 Å². The van der Waals surface area contributed by atoms with E-state index in [-0.39, 0.29) is 17.7 Å². The number of piperidine rings is 1. The molecule has 0 radical (unpaired) electrons. The van der Waals surface area contributed by atoms with Crippen LogP contribution in [0.4, 0.5) is 0 Å². The van der Waals surface area contributed by atoms with Gasteiger partial charge in [0, 0.05) is 25.6 Å². The summed E-state index contributed by atoms with van der Waals surface area (Å²) >= 11 is 4.55. The molecule has 1 aliphatic heterocycles. The summed E-state index contributed by atoms with van der Waals surface area (Å²) in [5.41, 5.74) is 2.28. The van der Waals surface area contributed by atoms with Gasteiger partial charge in [-0.1, -0.05) is 31.2 Å². The van der Waals surface area contributed by atoms with E-state index < -0.39 is 10.0 Å². The number of hydrogen-bond acceptors (Lipinski definition) is 4. The second-order valence-electron chi connectivity index (χ2n) is 7.23. The van der Waals surface area contributed by atoms with Gasteiger partial charge in [-0.3, -0.25) is 4.79 Å². The monoisotopic (exact) mass is 484 g/mol. The minimum Gasteiger partial charge on any atom is -0.352 e. The van der Waals surface area contributed by atoms with E-state index in [9.17, 15) is 13.2 Å². The molecule has 3 rings (SSSR count). The zero-order valence-corrected chi connectivity index (χ0v) is 19.2. The maximum Gasteiger partial charge on any atom is 0.252 e. The predicted molar refractivity (Wildman–Crippen MR) is 116 cm³/mol. The molecular formula is C20H25BrN2O3S2. The molecule has 0 aliphatic carbocycles. The smallest absolute Gasteiger partial charge is 0.252 e. The number of benzene rings is 1. The Hall–Kier alpha value is -1.22. The fourth-order valence-corrected chi connectivity index (χ4v) is 7.18. The number of thiophene rings is 1. The number of nitrogens with one attached hydrogen (secondary N) is 1. The van der Waals surface area contributed by atoms with E-state index in [1.165, 1.54) is 11.3 Å². The van der Waals surface area contributed by atoms with Crippen molar-refractivity contribution in [1.29, 1.82) is 0 Å². The number of carbonyl (C=O) groups excluding carboxylic acids is 1. The summed E-state index contributed by atoms with van der Waals surface area (Å²) in [4.78, 5) is 12.6. The van der Waals surface area contributed by atoms with Crippen molar-refractivity contribution in [2.75, 3.05) is 13.1 Å². The summed E-state index contributed by atoms with van der Waals surface area (Å²) in [6, 6.07) is 11.4. The molecule has 0 bridgehead atoms. The Morgan fingerprint density at radius 1 is 1.25 bits per heavy atom. The fourth-order valence-electron chi connectivity index (χ4n) is 3.55. The van der Waals surface area contributed by atoms with E-state index in [0.29, 0.717) is 36.7 Å². The predicted octanol–water partition coefficient (Wildman–Crippen LogP) is 4.17. The molecule has 1 saturated heterocycles. The van der Waals surface area contributed by atoms with Crippen molar-refractivity contribution >= 4 is 43.2 Å². The molecule has 1 aromatic heterocycles. The summed E-state index contributed by atoms with van der Waals surface area (Å²) < 4.78 is 28.2. The van der Waals surface area contributed by atoms with Gasteiger partial charge in [-0.15, -0.1) is 11.3 Å². The van der Waals surface area contributed by atoms with E-state index in [0.717, 1.165) is 14.9 Å². The molecule has 152 valence electrons. The second kappa shape index (κ2) is 9.07. The molecule has 8 heteroatoms. The first-order chi connectivity index (χ1) is 13.3. The molecule has 2 aromatic rings. The summed E-state index contributed by atoms with van der Waals surface area (Å²) in [7, 11) is -3.44. The first-order valence-corrected chi connectivity index (χ1v) is 12.4. The lowest BCUT2D eigenvalue weighted by molar-refractivity contribution is -0.126. The Bertz CT molecular complexity index is 934. The van der Waals surface area contributed by atoms with Crippen LogP contribution < -0.4 is 5.32 Å². The van der Waals surface area contributed by atoms with Crippen molar-refractivity contribution in [2.45, 2.75) is 37.4 Å². The van der Waals surface area contributed by atoms with Crippen LogP contribution in [-0.4, -0.2) is 31.7 Å². The second-order valence-corrected chi connectivity index (χ2v) is 11.9. The van der Waals surface area contributed by atoms with Crippen LogP contribution in [0.5, 0.6) is 0 Å². The average molecular weight is 485 g/mol. The summed E-state index contributed by atoms with van der Waals surface area (Å²) in [6.07, 6.45) is 1.40. The van der Waals surface area contributed by atoms with Gasteiger partial charge in [-0.05, 0) is 64.9 Å². The number of amides is 1. The number of aryl methyl sites for hydroxylation is 1. The van der Waals surface area contributed by atoms with Crippen LogP contribution in [0.25, 0.3) is 0 Å². The highest BCUT2D eigenvalue weighted by atomic mass is 79.9. The number of hydrogen-bond donors (Lipinski definition) is 1. The third kappa shape index (κ3) is 4.84. The number of carbonyl (C=O) groups is 1. The topological polar surface area (TPSA) is 66.5 Å². The maximum atomic E-state index is 12.7. The molecule has 1 N–H and O–H groups in total. The summed E-state index contributed by atoms with van der Waals surface area (Å²) in [6.45, 7) is 5.41. The molecule has 0 unspecified atom stereocenters. The highest BCUT2D eigenvalue weighted by Gasteiger charge is 2.34. The minimum absolute atomic E-state index is 0.0340. The molecular weight excluding hydrogens is 460 g/mol. The first kappa shape index (κ1) is 21.5. The van der Waals surface area contributed by atoms with Gasteiger partial charge >= 0.3 is 0 Å². The fraction of sp³-hybridized carbons (Fsp3) is 0.450. The first-order valence-electron chi connectivity index (χ1n) is 9.36. The molecule has 0 spiro atoms. The highest BCUT2D eigenvalue weighted by molar-refractivity contribution is 9.11. The Kier molecular flexibility index (Phi) is 6.96. The molecule has 1 amide bonds. The van der Waals surface area contributed by atoms with Gasteiger partial charge in [0.05, 0.1) is 3.79 Å². The molecule has 1 fully saturated rings. The summed E-state index contributed by atoms with van der Waals surface area (Å²) in [5.74, 6) is 0.0925. The van der Waals surface area contributed by atoms with Crippen LogP contribution in [-0.2, 0) is 21.4 Å². The van der Waals surface area contributed by atoms with Gasteiger partial charge in [0.15, 0.2) is 0 Å². The van der Waals surface area contributed by atoms with Gasteiger partial charge in [-0.2, -0.15) is 4.31 Å². The SMILES string of the molecule is Cc1ccccc1CNC(=O)[C@@H](C)C1CCN(S(=O)(=O)c2ccc(Br)s2)CC1. The number of rotatable bonds is 6. The van der Waals surface area contributed by atoms with E-state index in [1.807, 2.05) is 38.1 Å². The Balaban J connectivity index is 1.54. The Labute approximate surface area is 179 Å². The average Bonchev–Trinajstić information content (AvgIpc) is 3.14. The van der Waals surface area contributed by atoms with Crippen LogP contribution in [0.2, 0.25) is 0 Å².